The molecule has 3 aromatic rings. The van der Waals surface area contributed by atoms with E-state index >= 15 is 0 Å². The number of H-pyrrole nitrogens is 1. The molecule has 0 spiro atoms. The molecule has 0 amide bonds. The molecule has 7 heteroatoms. The molecule has 4 rings (SSSR count). The van der Waals surface area contributed by atoms with Crippen LogP contribution in [-0.4, -0.2) is 22.6 Å². The smallest absolute Gasteiger partial charge is 0.247 e. The molecule has 0 aliphatic heterocycles. The van der Waals surface area contributed by atoms with Crippen molar-refractivity contribution in [3.8, 4) is 0 Å². The van der Waals surface area contributed by atoms with Gasteiger partial charge in [0.25, 0.3) is 0 Å². The Morgan fingerprint density at radius 3 is 2.34 bits per heavy atom. The lowest BCUT2D eigenvalue weighted by atomic mass is 9.87. The topological polar surface area (TPSA) is 136 Å². The van der Waals surface area contributed by atoms with E-state index in [9.17, 15) is 4.79 Å². The number of hydrogen-bond acceptors (Lipinski definition) is 6. The van der Waals surface area contributed by atoms with Gasteiger partial charge in [-0.1, -0.05) is 55.7 Å². The molecule has 8 N–H and O–H groups in total. The number of aromatic nitrogens is 2. The predicted octanol–water partition coefficient (Wildman–Crippen LogP) is 3.65. The van der Waals surface area contributed by atoms with Crippen molar-refractivity contribution in [2.45, 2.75) is 50.5 Å². The second-order valence-electron chi connectivity index (χ2n) is 8.20. The van der Waals surface area contributed by atoms with E-state index < -0.39 is 0 Å². The molecule has 2 aromatic heterocycles. The van der Waals surface area contributed by atoms with Crippen LogP contribution in [-0.2, 0) is 0 Å². The van der Waals surface area contributed by atoms with Gasteiger partial charge in [-0.05, 0) is 49.1 Å². The highest BCUT2D eigenvalue weighted by atomic mass is 16.1. The lowest BCUT2D eigenvalue weighted by Crippen LogP contribution is -2.32. The number of aromatic amines is 1. The van der Waals surface area contributed by atoms with Gasteiger partial charge in [0.2, 0.25) is 5.56 Å². The van der Waals surface area contributed by atoms with Crippen LogP contribution >= 0.6 is 0 Å². The van der Waals surface area contributed by atoms with E-state index in [4.69, 9.17) is 17.2 Å². The van der Waals surface area contributed by atoms with Crippen molar-refractivity contribution >= 4 is 17.3 Å². The van der Waals surface area contributed by atoms with Crippen LogP contribution in [0.2, 0.25) is 0 Å². The Morgan fingerprint density at radius 2 is 1.72 bits per heavy atom. The number of hydrogen-bond donors (Lipinski definition) is 5. The molecule has 170 valence electrons. The molecule has 1 atom stereocenters. The first-order chi connectivity index (χ1) is 15.5. The first-order valence-electron chi connectivity index (χ1n) is 11.3. The fraction of sp³-hybridized carbons (Fsp3) is 0.360. The Kier molecular flexibility index (Phi) is 8.69. The van der Waals surface area contributed by atoms with Crippen molar-refractivity contribution in [3.63, 3.8) is 0 Å². The molecule has 0 saturated heterocycles. The van der Waals surface area contributed by atoms with Crippen LogP contribution in [0.3, 0.4) is 0 Å². The zero-order valence-corrected chi connectivity index (χ0v) is 18.5. The van der Waals surface area contributed by atoms with Gasteiger partial charge in [-0.2, -0.15) is 0 Å². The minimum atomic E-state index is -0.0532. The zero-order chi connectivity index (χ0) is 22.8. The summed E-state index contributed by atoms with van der Waals surface area (Å²) in [4.78, 5) is 16.8. The largest absolute Gasteiger partial charge is 0.396 e. The summed E-state index contributed by atoms with van der Waals surface area (Å²) in [6.07, 6.45) is 9.17. The second kappa shape index (κ2) is 11.9. The molecule has 0 radical (unpaired) electrons. The van der Waals surface area contributed by atoms with Crippen LogP contribution in [0.5, 0.6) is 0 Å². The Bertz CT molecular complexity index is 997. The summed E-state index contributed by atoms with van der Waals surface area (Å²) in [7, 11) is 0. The summed E-state index contributed by atoms with van der Waals surface area (Å²) in [6.45, 7) is 0.950. The van der Waals surface area contributed by atoms with E-state index in [0.717, 1.165) is 18.5 Å². The van der Waals surface area contributed by atoms with Crippen molar-refractivity contribution in [1.29, 1.82) is 0 Å². The van der Waals surface area contributed by atoms with Crippen LogP contribution in [0, 0.1) is 0 Å². The van der Waals surface area contributed by atoms with Crippen molar-refractivity contribution in [2.75, 3.05) is 23.7 Å². The molecule has 1 saturated carbocycles. The van der Waals surface area contributed by atoms with Crippen LogP contribution in [0.4, 0.5) is 17.3 Å². The molecule has 1 unspecified atom stereocenters. The SMILES string of the molecule is Nc1cc(C(CCNC2CCCCC2)c2ccccc2)c(N)c(N)n1.O=c1cccc[nH]1. The third kappa shape index (κ3) is 6.85. The summed E-state index contributed by atoms with van der Waals surface area (Å²) in [5, 5.41) is 3.72. The lowest BCUT2D eigenvalue weighted by molar-refractivity contribution is 0.370. The maximum absolute atomic E-state index is 10.2. The third-order valence-corrected chi connectivity index (χ3v) is 5.87. The molecule has 0 bridgehead atoms. The van der Waals surface area contributed by atoms with E-state index in [-0.39, 0.29) is 11.5 Å². The minimum Gasteiger partial charge on any atom is -0.396 e. The van der Waals surface area contributed by atoms with E-state index in [2.05, 4.69) is 39.6 Å². The fourth-order valence-corrected chi connectivity index (χ4v) is 4.21. The van der Waals surface area contributed by atoms with Gasteiger partial charge in [0.15, 0.2) is 0 Å². The van der Waals surface area contributed by atoms with Gasteiger partial charge in [-0.3, -0.25) is 4.79 Å². The third-order valence-electron chi connectivity index (χ3n) is 5.87. The monoisotopic (exact) mass is 434 g/mol. The molecule has 1 fully saturated rings. The highest BCUT2D eigenvalue weighted by Crippen LogP contribution is 2.34. The number of nitrogens with one attached hydrogen (secondary N) is 2. The normalized spacial score (nSPS) is 14.9. The molecular formula is C25H34N6O. The van der Waals surface area contributed by atoms with Crippen molar-refractivity contribution in [1.82, 2.24) is 15.3 Å². The summed E-state index contributed by atoms with van der Waals surface area (Å²) in [6, 6.07) is 17.9. The fourth-order valence-electron chi connectivity index (χ4n) is 4.21. The average molecular weight is 435 g/mol. The number of benzene rings is 1. The van der Waals surface area contributed by atoms with Gasteiger partial charge in [0.1, 0.15) is 11.6 Å². The molecule has 1 aliphatic rings. The van der Waals surface area contributed by atoms with Gasteiger partial charge in [-0.15, -0.1) is 0 Å². The van der Waals surface area contributed by atoms with E-state index in [1.807, 2.05) is 12.1 Å². The van der Waals surface area contributed by atoms with Crippen molar-refractivity contribution in [3.05, 3.63) is 82.3 Å². The average Bonchev–Trinajstić information content (AvgIpc) is 2.82. The van der Waals surface area contributed by atoms with Crippen molar-refractivity contribution in [2.24, 2.45) is 0 Å². The van der Waals surface area contributed by atoms with Crippen LogP contribution in [0.15, 0.2) is 65.6 Å². The number of rotatable bonds is 6. The molecule has 1 aromatic carbocycles. The molecular weight excluding hydrogens is 400 g/mol. The molecule has 7 nitrogen and oxygen atoms in total. The Labute approximate surface area is 189 Å². The van der Waals surface area contributed by atoms with Crippen molar-refractivity contribution < 1.29 is 0 Å². The first-order valence-corrected chi connectivity index (χ1v) is 11.3. The Balaban J connectivity index is 0.000000352. The highest BCUT2D eigenvalue weighted by molar-refractivity contribution is 5.68. The summed E-state index contributed by atoms with van der Waals surface area (Å²) in [5.41, 5.74) is 20.8. The Morgan fingerprint density at radius 1 is 1.00 bits per heavy atom. The number of pyridine rings is 2. The number of anilines is 3. The van der Waals surface area contributed by atoms with Crippen LogP contribution in [0.25, 0.3) is 0 Å². The quantitative estimate of drug-likeness (QED) is 0.402. The van der Waals surface area contributed by atoms with Gasteiger partial charge >= 0.3 is 0 Å². The van der Waals surface area contributed by atoms with E-state index in [0.29, 0.717) is 23.4 Å². The second-order valence-corrected chi connectivity index (χ2v) is 8.20. The van der Waals surface area contributed by atoms with Crippen LogP contribution in [0.1, 0.15) is 55.6 Å². The summed E-state index contributed by atoms with van der Waals surface area (Å²) >= 11 is 0. The zero-order valence-electron chi connectivity index (χ0n) is 18.5. The van der Waals surface area contributed by atoms with Gasteiger partial charge in [0, 0.05) is 24.2 Å². The first kappa shape index (κ1) is 23.3. The molecule has 1 aliphatic carbocycles. The standard InChI is InChI=1S/C20H29N5.C5H5NO/c21-18-13-17(19(22)20(23)25-18)16(14-7-3-1-4-8-14)11-12-24-15-9-5-2-6-10-15;7-5-3-1-2-4-6-5/h1,3-4,7-8,13,15-16,24H,2,5-6,9-12,22H2,(H4,21,23,25);1-4H,(H,6,7). The molecule has 2 heterocycles. The van der Waals surface area contributed by atoms with Crippen LogP contribution < -0.4 is 28.1 Å². The maximum Gasteiger partial charge on any atom is 0.247 e. The maximum atomic E-state index is 10.2. The molecule has 32 heavy (non-hydrogen) atoms. The lowest BCUT2D eigenvalue weighted by Gasteiger charge is -2.25. The van der Waals surface area contributed by atoms with Gasteiger partial charge in [0.05, 0.1) is 5.69 Å². The van der Waals surface area contributed by atoms with Gasteiger partial charge < -0.3 is 27.5 Å². The number of nitrogen functional groups attached to an aromatic ring is 3. The summed E-state index contributed by atoms with van der Waals surface area (Å²) < 4.78 is 0. The van der Waals surface area contributed by atoms with E-state index in [1.165, 1.54) is 43.7 Å². The number of nitrogens with two attached hydrogens (primary N) is 3. The van der Waals surface area contributed by atoms with Gasteiger partial charge in [-0.25, -0.2) is 4.98 Å². The predicted molar refractivity (Wildman–Crippen MR) is 132 cm³/mol. The minimum absolute atomic E-state index is 0.0532. The highest BCUT2D eigenvalue weighted by Gasteiger charge is 2.20. The number of nitrogens with zero attached hydrogens (tertiary/aromatic N) is 1. The Hall–Kier alpha value is -3.32. The van der Waals surface area contributed by atoms with E-state index in [1.54, 1.807) is 18.3 Å². The summed E-state index contributed by atoms with van der Waals surface area (Å²) in [5.74, 6) is 0.893.